The van der Waals surface area contributed by atoms with Gasteiger partial charge >= 0.3 is 0 Å². The summed E-state index contributed by atoms with van der Waals surface area (Å²) in [5.41, 5.74) is 0.412. The first kappa shape index (κ1) is 14.9. The predicted octanol–water partition coefficient (Wildman–Crippen LogP) is 1.71. The Bertz CT molecular complexity index is 218. The monoisotopic (exact) mass is 242 g/mol. The Hall–Kier alpha value is -0.120. The van der Waals surface area contributed by atoms with Crippen molar-refractivity contribution < 1.29 is 5.11 Å². The van der Waals surface area contributed by atoms with Crippen molar-refractivity contribution in [2.24, 2.45) is 11.3 Å². The average molecular weight is 242 g/mol. The van der Waals surface area contributed by atoms with E-state index in [1.165, 1.54) is 19.3 Å². The van der Waals surface area contributed by atoms with Gasteiger partial charge in [0.05, 0.1) is 0 Å². The highest BCUT2D eigenvalue weighted by Gasteiger charge is 2.37. The van der Waals surface area contributed by atoms with E-state index in [9.17, 15) is 0 Å². The van der Waals surface area contributed by atoms with Gasteiger partial charge in [-0.2, -0.15) is 0 Å². The second-order valence-electron chi connectivity index (χ2n) is 6.25. The van der Waals surface area contributed by atoms with Crippen LogP contribution in [0.1, 0.15) is 39.5 Å². The van der Waals surface area contributed by atoms with Crippen molar-refractivity contribution in [3.63, 3.8) is 0 Å². The van der Waals surface area contributed by atoms with Gasteiger partial charge in [0.1, 0.15) is 0 Å². The van der Waals surface area contributed by atoms with Gasteiger partial charge in [-0.1, -0.05) is 20.3 Å². The van der Waals surface area contributed by atoms with Crippen LogP contribution in [0.5, 0.6) is 0 Å². The molecule has 1 aliphatic rings. The van der Waals surface area contributed by atoms with Crippen LogP contribution in [0.2, 0.25) is 0 Å². The molecule has 1 saturated carbocycles. The van der Waals surface area contributed by atoms with E-state index in [1.807, 2.05) is 0 Å². The molecular weight excluding hydrogens is 212 g/mol. The molecular formula is C14H30N2O. The molecule has 0 bridgehead atoms. The van der Waals surface area contributed by atoms with E-state index in [4.69, 9.17) is 5.11 Å². The molecule has 0 spiro atoms. The van der Waals surface area contributed by atoms with Crippen molar-refractivity contribution >= 4 is 0 Å². The molecule has 17 heavy (non-hydrogen) atoms. The van der Waals surface area contributed by atoms with Crippen molar-refractivity contribution in [3.8, 4) is 0 Å². The molecule has 0 aromatic carbocycles. The van der Waals surface area contributed by atoms with Crippen LogP contribution in [0.15, 0.2) is 0 Å². The van der Waals surface area contributed by atoms with E-state index in [1.54, 1.807) is 0 Å². The van der Waals surface area contributed by atoms with Gasteiger partial charge in [-0.25, -0.2) is 0 Å². The van der Waals surface area contributed by atoms with Crippen molar-refractivity contribution in [2.75, 3.05) is 33.8 Å². The average Bonchev–Trinajstić information content (AvgIpc) is 2.25. The summed E-state index contributed by atoms with van der Waals surface area (Å²) < 4.78 is 0. The van der Waals surface area contributed by atoms with E-state index in [-0.39, 0.29) is 0 Å². The topological polar surface area (TPSA) is 35.5 Å². The number of hydrogen-bond donors (Lipinski definition) is 2. The second kappa shape index (κ2) is 6.72. The molecule has 1 aliphatic carbocycles. The van der Waals surface area contributed by atoms with E-state index in [0.29, 0.717) is 18.1 Å². The fraction of sp³-hybridized carbons (Fsp3) is 1.00. The lowest BCUT2D eigenvalue weighted by atomic mass is 9.68. The molecule has 1 rings (SSSR count). The highest BCUT2D eigenvalue weighted by molar-refractivity contribution is 4.93. The summed E-state index contributed by atoms with van der Waals surface area (Å²) in [5.74, 6) is 0.743. The third-order valence-electron chi connectivity index (χ3n) is 4.26. The molecule has 3 nitrogen and oxygen atoms in total. The highest BCUT2D eigenvalue weighted by atomic mass is 16.3. The smallest absolute Gasteiger partial charge is 0.0443 e. The molecule has 0 saturated heterocycles. The van der Waals surface area contributed by atoms with Gasteiger partial charge in [-0.3, -0.25) is 0 Å². The maximum atomic E-state index is 8.86. The number of aliphatic hydroxyl groups excluding tert-OH is 1. The molecule has 2 N–H and O–H groups in total. The molecule has 2 atom stereocenters. The Balaban J connectivity index is 2.50. The van der Waals surface area contributed by atoms with Crippen LogP contribution in [0.3, 0.4) is 0 Å². The minimum Gasteiger partial charge on any atom is -0.396 e. The molecule has 0 radical (unpaired) electrons. The summed E-state index contributed by atoms with van der Waals surface area (Å²) in [6.07, 6.45) is 4.90. The molecule has 0 heterocycles. The van der Waals surface area contributed by atoms with Gasteiger partial charge in [0.2, 0.25) is 0 Å². The fourth-order valence-corrected chi connectivity index (χ4v) is 3.44. The Morgan fingerprint density at radius 3 is 2.71 bits per heavy atom. The van der Waals surface area contributed by atoms with Crippen LogP contribution in [0, 0.1) is 11.3 Å². The van der Waals surface area contributed by atoms with Crippen LogP contribution in [0.4, 0.5) is 0 Å². The maximum Gasteiger partial charge on any atom is 0.0443 e. The lowest BCUT2D eigenvalue weighted by Crippen LogP contribution is -2.51. The van der Waals surface area contributed by atoms with Gasteiger partial charge in [0, 0.05) is 25.7 Å². The maximum absolute atomic E-state index is 8.86. The molecule has 0 aromatic rings. The predicted molar refractivity (Wildman–Crippen MR) is 73.2 cm³/mol. The van der Waals surface area contributed by atoms with Crippen molar-refractivity contribution in [2.45, 2.75) is 45.6 Å². The number of rotatable bonds is 6. The first-order valence-electron chi connectivity index (χ1n) is 6.98. The Labute approximate surface area is 107 Å². The number of nitrogens with zero attached hydrogens (tertiary/aromatic N) is 1. The van der Waals surface area contributed by atoms with E-state index in [0.717, 1.165) is 25.4 Å². The van der Waals surface area contributed by atoms with Crippen LogP contribution >= 0.6 is 0 Å². The number of aliphatic hydroxyl groups is 1. The molecule has 0 aliphatic heterocycles. The third kappa shape index (κ3) is 4.23. The zero-order valence-corrected chi connectivity index (χ0v) is 12.0. The minimum absolute atomic E-state index is 0.302. The van der Waals surface area contributed by atoms with Crippen molar-refractivity contribution in [3.05, 3.63) is 0 Å². The Morgan fingerprint density at radius 2 is 2.12 bits per heavy atom. The lowest BCUT2D eigenvalue weighted by molar-refractivity contribution is 0.0887. The summed E-state index contributed by atoms with van der Waals surface area (Å²) >= 11 is 0. The molecule has 1 fully saturated rings. The van der Waals surface area contributed by atoms with Crippen LogP contribution < -0.4 is 5.32 Å². The van der Waals surface area contributed by atoms with Crippen molar-refractivity contribution in [1.29, 1.82) is 0 Å². The van der Waals surface area contributed by atoms with Gasteiger partial charge in [-0.15, -0.1) is 0 Å². The summed E-state index contributed by atoms with van der Waals surface area (Å²) in [4.78, 5) is 2.37. The van der Waals surface area contributed by atoms with Crippen LogP contribution in [-0.2, 0) is 0 Å². The standard InChI is InChI=1S/C14H30N2O/c1-14(2)8-5-7-12(13(14)15-3)11-16(4)9-6-10-17/h12-13,15,17H,5-11H2,1-4H3. The summed E-state index contributed by atoms with van der Waals surface area (Å²) in [7, 11) is 4.27. The van der Waals surface area contributed by atoms with E-state index < -0.39 is 0 Å². The molecule has 0 aromatic heterocycles. The van der Waals surface area contributed by atoms with Crippen molar-refractivity contribution in [1.82, 2.24) is 10.2 Å². The normalized spacial score (nSPS) is 28.6. The summed E-state index contributed by atoms with van der Waals surface area (Å²) in [5, 5.41) is 12.4. The van der Waals surface area contributed by atoms with Crippen LogP contribution in [-0.4, -0.2) is 49.8 Å². The SMILES string of the molecule is CNC1C(CN(C)CCCO)CCCC1(C)C. The summed E-state index contributed by atoms with van der Waals surface area (Å²) in [6.45, 7) is 7.22. The largest absolute Gasteiger partial charge is 0.396 e. The van der Waals surface area contributed by atoms with E-state index in [2.05, 4.69) is 38.2 Å². The first-order chi connectivity index (χ1) is 8.01. The second-order valence-corrected chi connectivity index (χ2v) is 6.25. The van der Waals surface area contributed by atoms with E-state index >= 15 is 0 Å². The number of nitrogens with one attached hydrogen (secondary N) is 1. The third-order valence-corrected chi connectivity index (χ3v) is 4.26. The summed E-state index contributed by atoms with van der Waals surface area (Å²) in [6, 6.07) is 0.618. The molecule has 102 valence electrons. The molecule has 2 unspecified atom stereocenters. The molecule has 0 amide bonds. The van der Waals surface area contributed by atoms with Gasteiger partial charge in [-0.05, 0) is 44.7 Å². The minimum atomic E-state index is 0.302. The Kier molecular flexibility index (Phi) is 5.90. The Morgan fingerprint density at radius 1 is 1.41 bits per heavy atom. The lowest BCUT2D eigenvalue weighted by Gasteiger charge is -2.45. The zero-order valence-electron chi connectivity index (χ0n) is 12.0. The van der Waals surface area contributed by atoms with Gasteiger partial charge in [0.25, 0.3) is 0 Å². The number of hydrogen-bond acceptors (Lipinski definition) is 3. The highest BCUT2D eigenvalue weighted by Crippen LogP contribution is 2.39. The zero-order chi connectivity index (χ0) is 12.9. The fourth-order valence-electron chi connectivity index (χ4n) is 3.44. The molecule has 3 heteroatoms. The first-order valence-corrected chi connectivity index (χ1v) is 6.98. The quantitative estimate of drug-likeness (QED) is 0.744. The van der Waals surface area contributed by atoms with Gasteiger partial charge in [0.15, 0.2) is 0 Å². The van der Waals surface area contributed by atoms with Gasteiger partial charge < -0.3 is 15.3 Å². The van der Waals surface area contributed by atoms with Crippen LogP contribution in [0.25, 0.3) is 0 Å².